The highest BCUT2D eigenvalue weighted by atomic mass is 32.2. The SMILES string of the molecule is CC(C)NC(C#N)(CSc1nccs1)C1CC1. The highest BCUT2D eigenvalue weighted by Gasteiger charge is 2.46. The van der Waals surface area contributed by atoms with Gasteiger partial charge in [-0.3, -0.25) is 5.32 Å². The molecule has 0 radical (unpaired) electrons. The van der Waals surface area contributed by atoms with Gasteiger partial charge in [-0.2, -0.15) is 5.26 Å². The molecule has 1 fully saturated rings. The molecule has 0 spiro atoms. The molecule has 1 heterocycles. The van der Waals surface area contributed by atoms with Gasteiger partial charge in [-0.05, 0) is 32.6 Å². The van der Waals surface area contributed by atoms with Crippen molar-refractivity contribution in [3.05, 3.63) is 11.6 Å². The maximum atomic E-state index is 9.52. The molecule has 0 aromatic carbocycles. The summed E-state index contributed by atoms with van der Waals surface area (Å²) >= 11 is 3.33. The van der Waals surface area contributed by atoms with E-state index in [1.165, 1.54) is 12.8 Å². The largest absolute Gasteiger partial charge is 0.296 e. The van der Waals surface area contributed by atoms with Crippen molar-refractivity contribution < 1.29 is 0 Å². The van der Waals surface area contributed by atoms with E-state index >= 15 is 0 Å². The van der Waals surface area contributed by atoms with E-state index in [9.17, 15) is 5.26 Å². The third-order valence-electron chi connectivity index (χ3n) is 2.85. The summed E-state index contributed by atoms with van der Waals surface area (Å²) in [5.74, 6) is 1.31. The minimum absolute atomic E-state index is 0.340. The number of thioether (sulfide) groups is 1. The number of rotatable bonds is 6. The normalized spacial score (nSPS) is 18.9. The van der Waals surface area contributed by atoms with Crippen LogP contribution in [-0.4, -0.2) is 22.3 Å². The van der Waals surface area contributed by atoms with Gasteiger partial charge in [-0.1, -0.05) is 11.8 Å². The predicted octanol–water partition coefficient (Wildman–Crippen LogP) is 2.91. The first-order chi connectivity index (χ1) is 8.16. The minimum Gasteiger partial charge on any atom is -0.296 e. The number of aromatic nitrogens is 1. The topological polar surface area (TPSA) is 48.7 Å². The van der Waals surface area contributed by atoms with E-state index in [1.54, 1.807) is 23.1 Å². The van der Waals surface area contributed by atoms with Crippen LogP contribution in [0.25, 0.3) is 0 Å². The Labute approximate surface area is 111 Å². The molecule has 17 heavy (non-hydrogen) atoms. The molecule has 1 atom stereocenters. The summed E-state index contributed by atoms with van der Waals surface area (Å²) in [6.45, 7) is 4.20. The zero-order valence-corrected chi connectivity index (χ0v) is 11.8. The van der Waals surface area contributed by atoms with E-state index in [-0.39, 0.29) is 5.54 Å². The quantitative estimate of drug-likeness (QED) is 0.805. The molecule has 1 saturated carbocycles. The van der Waals surface area contributed by atoms with E-state index in [0.717, 1.165) is 10.1 Å². The van der Waals surface area contributed by atoms with Gasteiger partial charge in [0.25, 0.3) is 0 Å². The second-order valence-electron chi connectivity index (χ2n) is 4.74. The van der Waals surface area contributed by atoms with Crippen LogP contribution in [0, 0.1) is 17.2 Å². The number of thiazole rings is 1. The Balaban J connectivity index is 2.02. The third kappa shape index (κ3) is 3.21. The summed E-state index contributed by atoms with van der Waals surface area (Å²) in [4.78, 5) is 4.26. The van der Waals surface area contributed by atoms with Crippen molar-refractivity contribution in [1.82, 2.24) is 10.3 Å². The Morgan fingerprint density at radius 1 is 1.71 bits per heavy atom. The molecule has 0 saturated heterocycles. The Bertz CT molecular complexity index is 392. The van der Waals surface area contributed by atoms with E-state index in [2.05, 4.69) is 30.2 Å². The fraction of sp³-hybridized carbons (Fsp3) is 0.667. The van der Waals surface area contributed by atoms with Crippen molar-refractivity contribution in [2.24, 2.45) is 5.92 Å². The molecule has 0 amide bonds. The van der Waals surface area contributed by atoms with Crippen LogP contribution in [0.3, 0.4) is 0 Å². The lowest BCUT2D eigenvalue weighted by molar-refractivity contribution is 0.370. The van der Waals surface area contributed by atoms with Crippen LogP contribution in [0.5, 0.6) is 0 Å². The monoisotopic (exact) mass is 267 g/mol. The zero-order chi connectivity index (χ0) is 12.3. The standard InChI is InChI=1S/C12H17N3S2/c1-9(2)15-12(7-13,10-3-4-10)8-17-11-14-5-6-16-11/h5-6,9-10,15H,3-4,8H2,1-2H3. The van der Waals surface area contributed by atoms with Crippen LogP contribution in [0.2, 0.25) is 0 Å². The van der Waals surface area contributed by atoms with Crippen LogP contribution in [0.4, 0.5) is 0 Å². The molecule has 1 aliphatic rings. The van der Waals surface area contributed by atoms with E-state index in [1.807, 2.05) is 11.6 Å². The number of nitrogens with one attached hydrogen (secondary N) is 1. The lowest BCUT2D eigenvalue weighted by atomic mass is 9.96. The molecule has 92 valence electrons. The third-order valence-corrected chi connectivity index (χ3v) is 5.01. The van der Waals surface area contributed by atoms with Gasteiger partial charge in [-0.15, -0.1) is 11.3 Å². The van der Waals surface area contributed by atoms with Gasteiger partial charge in [0.05, 0.1) is 6.07 Å². The molecule has 1 aromatic heterocycles. The first-order valence-corrected chi connectivity index (χ1v) is 7.74. The van der Waals surface area contributed by atoms with Crippen molar-refractivity contribution in [3.8, 4) is 6.07 Å². The molecule has 1 aromatic rings. The average Bonchev–Trinajstić information content (AvgIpc) is 3.02. The summed E-state index contributed by atoms with van der Waals surface area (Å²) in [6.07, 6.45) is 4.16. The molecular formula is C12H17N3S2. The number of nitrogens with zero attached hydrogens (tertiary/aromatic N) is 2. The Morgan fingerprint density at radius 2 is 2.47 bits per heavy atom. The van der Waals surface area contributed by atoms with Crippen molar-refractivity contribution >= 4 is 23.1 Å². The minimum atomic E-state index is -0.371. The second-order valence-corrected chi connectivity index (χ2v) is 6.86. The fourth-order valence-corrected chi connectivity index (χ4v) is 3.83. The number of hydrogen-bond donors (Lipinski definition) is 1. The summed E-state index contributed by atoms with van der Waals surface area (Å²) < 4.78 is 1.05. The Morgan fingerprint density at radius 3 is 2.94 bits per heavy atom. The van der Waals surface area contributed by atoms with Crippen LogP contribution >= 0.6 is 23.1 Å². The van der Waals surface area contributed by atoms with Gasteiger partial charge in [0.15, 0.2) is 0 Å². The van der Waals surface area contributed by atoms with Crippen LogP contribution in [0.15, 0.2) is 15.9 Å². The maximum absolute atomic E-state index is 9.52. The van der Waals surface area contributed by atoms with Crippen molar-refractivity contribution in [2.45, 2.75) is 42.6 Å². The van der Waals surface area contributed by atoms with Crippen LogP contribution in [0.1, 0.15) is 26.7 Å². The Kier molecular flexibility index (Phi) is 4.08. The van der Waals surface area contributed by atoms with E-state index in [0.29, 0.717) is 12.0 Å². The predicted molar refractivity (Wildman–Crippen MR) is 72.2 cm³/mol. The molecular weight excluding hydrogens is 250 g/mol. The van der Waals surface area contributed by atoms with E-state index < -0.39 is 0 Å². The summed E-state index contributed by atoms with van der Waals surface area (Å²) in [5, 5.41) is 15.0. The van der Waals surface area contributed by atoms with Gasteiger partial charge >= 0.3 is 0 Å². The number of hydrogen-bond acceptors (Lipinski definition) is 5. The molecule has 3 nitrogen and oxygen atoms in total. The van der Waals surface area contributed by atoms with Gasteiger partial charge in [0.1, 0.15) is 9.88 Å². The molecule has 1 aliphatic carbocycles. The first-order valence-electron chi connectivity index (χ1n) is 5.87. The zero-order valence-electron chi connectivity index (χ0n) is 10.1. The molecule has 1 unspecified atom stereocenters. The highest BCUT2D eigenvalue weighted by molar-refractivity contribution is 8.01. The van der Waals surface area contributed by atoms with Gasteiger partial charge in [0.2, 0.25) is 0 Å². The summed E-state index contributed by atoms with van der Waals surface area (Å²) in [6, 6.07) is 2.86. The molecule has 0 aliphatic heterocycles. The van der Waals surface area contributed by atoms with E-state index in [4.69, 9.17) is 0 Å². The maximum Gasteiger partial charge on any atom is 0.149 e. The highest BCUT2D eigenvalue weighted by Crippen LogP contribution is 2.42. The molecule has 0 bridgehead atoms. The van der Waals surface area contributed by atoms with Crippen molar-refractivity contribution in [1.29, 1.82) is 5.26 Å². The number of nitriles is 1. The van der Waals surface area contributed by atoms with Crippen LogP contribution < -0.4 is 5.32 Å². The summed E-state index contributed by atoms with van der Waals surface area (Å²) in [5.41, 5.74) is -0.371. The lowest BCUT2D eigenvalue weighted by Crippen LogP contribution is -2.51. The van der Waals surface area contributed by atoms with Crippen LogP contribution in [-0.2, 0) is 0 Å². The van der Waals surface area contributed by atoms with Crippen molar-refractivity contribution in [3.63, 3.8) is 0 Å². The fourth-order valence-electron chi connectivity index (χ4n) is 1.98. The molecule has 2 rings (SSSR count). The molecule has 1 N–H and O–H groups in total. The van der Waals surface area contributed by atoms with Gasteiger partial charge < -0.3 is 0 Å². The smallest absolute Gasteiger partial charge is 0.149 e. The van der Waals surface area contributed by atoms with Gasteiger partial charge in [0, 0.05) is 23.4 Å². The van der Waals surface area contributed by atoms with Crippen molar-refractivity contribution in [2.75, 3.05) is 5.75 Å². The second kappa shape index (κ2) is 5.38. The Hall–Kier alpha value is -0.570. The average molecular weight is 267 g/mol. The lowest BCUT2D eigenvalue weighted by Gasteiger charge is -2.29. The molecule has 5 heteroatoms. The van der Waals surface area contributed by atoms with Gasteiger partial charge in [-0.25, -0.2) is 4.98 Å². The first kappa shape index (κ1) is 12.9. The summed E-state index contributed by atoms with van der Waals surface area (Å²) in [7, 11) is 0.